The van der Waals surface area contributed by atoms with Crippen LogP contribution in [0.2, 0.25) is 0 Å². The van der Waals surface area contributed by atoms with Crippen molar-refractivity contribution in [1.82, 2.24) is 9.88 Å². The first-order valence-corrected chi connectivity index (χ1v) is 8.77. The van der Waals surface area contributed by atoms with Gasteiger partial charge >= 0.3 is 5.97 Å². The average Bonchev–Trinajstić information content (AvgIpc) is 2.96. The van der Waals surface area contributed by atoms with Crippen molar-refractivity contribution in [3.8, 4) is 0 Å². The number of carbonyl (C=O) groups is 4. The second-order valence-electron chi connectivity index (χ2n) is 6.50. The van der Waals surface area contributed by atoms with E-state index in [9.17, 15) is 24.3 Å². The van der Waals surface area contributed by atoms with Gasteiger partial charge in [-0.3, -0.25) is 34.0 Å². The number of hydrogen-bond acceptors (Lipinski definition) is 5. The summed E-state index contributed by atoms with van der Waals surface area (Å²) in [5, 5.41) is 10.7. The van der Waals surface area contributed by atoms with Crippen molar-refractivity contribution in [2.24, 2.45) is 0 Å². The minimum Gasteiger partial charge on any atom is -0.480 e. The van der Waals surface area contributed by atoms with Crippen molar-refractivity contribution >= 4 is 40.2 Å². The number of aromatic nitrogens is 1. The predicted molar refractivity (Wildman–Crippen MR) is 104 cm³/mol. The zero-order chi connectivity index (χ0) is 20.5. The van der Waals surface area contributed by atoms with E-state index in [-0.39, 0.29) is 11.1 Å². The number of fused-ring (bicyclic) bond motifs is 2. The van der Waals surface area contributed by atoms with Crippen LogP contribution < -0.4 is 4.90 Å². The molecule has 2 heterocycles. The van der Waals surface area contributed by atoms with E-state index in [1.807, 2.05) is 0 Å². The number of pyridine rings is 1. The maximum absolute atomic E-state index is 13.0. The molecule has 0 fully saturated rings. The number of aliphatic carboxylic acids is 1. The molecule has 1 aliphatic rings. The fourth-order valence-corrected chi connectivity index (χ4v) is 3.36. The molecule has 8 heteroatoms. The zero-order valence-electron chi connectivity index (χ0n) is 15.1. The highest BCUT2D eigenvalue weighted by atomic mass is 16.4. The second-order valence-corrected chi connectivity index (χ2v) is 6.50. The highest BCUT2D eigenvalue weighted by Crippen LogP contribution is 2.27. The van der Waals surface area contributed by atoms with Crippen LogP contribution in [-0.4, -0.2) is 51.8 Å². The number of carboxylic acids is 1. The van der Waals surface area contributed by atoms with E-state index in [4.69, 9.17) is 0 Å². The van der Waals surface area contributed by atoms with Gasteiger partial charge in [0.25, 0.3) is 11.8 Å². The summed E-state index contributed by atoms with van der Waals surface area (Å²) in [5.74, 6) is -3.08. The van der Waals surface area contributed by atoms with Crippen molar-refractivity contribution in [1.29, 1.82) is 0 Å². The van der Waals surface area contributed by atoms with Crippen LogP contribution in [0.15, 0.2) is 60.9 Å². The summed E-state index contributed by atoms with van der Waals surface area (Å²) in [6.45, 7) is -1.19. The number of anilines is 1. The quantitative estimate of drug-likeness (QED) is 0.668. The van der Waals surface area contributed by atoms with Crippen LogP contribution in [-0.2, 0) is 9.59 Å². The molecule has 0 aliphatic carbocycles. The third kappa shape index (κ3) is 3.20. The molecule has 0 saturated carbocycles. The van der Waals surface area contributed by atoms with E-state index >= 15 is 0 Å². The molecule has 0 atom stereocenters. The molecular formula is C21H15N3O5. The van der Waals surface area contributed by atoms with Gasteiger partial charge in [0.1, 0.15) is 13.1 Å². The predicted octanol–water partition coefficient (Wildman–Crippen LogP) is 1.95. The first-order chi connectivity index (χ1) is 14.0. The lowest BCUT2D eigenvalue weighted by atomic mass is 10.1. The number of benzene rings is 2. The van der Waals surface area contributed by atoms with Crippen LogP contribution in [0.25, 0.3) is 10.8 Å². The molecule has 0 spiro atoms. The van der Waals surface area contributed by atoms with Gasteiger partial charge in [-0.2, -0.15) is 0 Å². The summed E-state index contributed by atoms with van der Waals surface area (Å²) in [4.78, 5) is 55.4. The van der Waals surface area contributed by atoms with Gasteiger partial charge in [-0.05, 0) is 12.1 Å². The fraction of sp³-hybridized carbons (Fsp3) is 0.0952. The Morgan fingerprint density at radius 2 is 1.55 bits per heavy atom. The molecular weight excluding hydrogens is 374 g/mol. The van der Waals surface area contributed by atoms with E-state index in [1.54, 1.807) is 42.6 Å². The van der Waals surface area contributed by atoms with Crippen LogP contribution in [0.5, 0.6) is 0 Å². The van der Waals surface area contributed by atoms with Gasteiger partial charge in [-0.15, -0.1) is 0 Å². The summed E-state index contributed by atoms with van der Waals surface area (Å²) in [6, 6.07) is 13.4. The number of imide groups is 1. The number of rotatable bonds is 5. The molecule has 4 rings (SSSR count). The Kier molecular flexibility index (Phi) is 4.52. The van der Waals surface area contributed by atoms with E-state index in [0.717, 1.165) is 15.2 Å². The lowest BCUT2D eigenvalue weighted by molar-refractivity contribution is -0.136. The minimum atomic E-state index is -1.23. The number of carboxylic acid groups (broad SMARTS) is 1. The molecule has 0 bridgehead atoms. The van der Waals surface area contributed by atoms with Crippen LogP contribution in [0.1, 0.15) is 20.7 Å². The molecule has 1 aliphatic heterocycles. The van der Waals surface area contributed by atoms with E-state index in [0.29, 0.717) is 11.1 Å². The van der Waals surface area contributed by atoms with Crippen molar-refractivity contribution in [2.75, 3.05) is 18.0 Å². The second kappa shape index (κ2) is 7.16. The number of hydrogen-bond donors (Lipinski definition) is 1. The van der Waals surface area contributed by atoms with Gasteiger partial charge in [0.05, 0.1) is 23.0 Å². The van der Waals surface area contributed by atoms with Gasteiger partial charge in [-0.1, -0.05) is 36.4 Å². The number of amides is 3. The van der Waals surface area contributed by atoms with Gasteiger partial charge in [0.2, 0.25) is 5.91 Å². The molecule has 0 radical (unpaired) electrons. The van der Waals surface area contributed by atoms with E-state index in [1.165, 1.54) is 18.3 Å². The van der Waals surface area contributed by atoms with E-state index in [2.05, 4.69) is 4.98 Å². The summed E-state index contributed by atoms with van der Waals surface area (Å²) >= 11 is 0. The molecule has 3 amide bonds. The minimum absolute atomic E-state index is 0.224. The molecule has 0 unspecified atom stereocenters. The Morgan fingerprint density at radius 1 is 0.931 bits per heavy atom. The maximum Gasteiger partial charge on any atom is 0.323 e. The van der Waals surface area contributed by atoms with Crippen molar-refractivity contribution < 1.29 is 24.3 Å². The lowest BCUT2D eigenvalue weighted by Crippen LogP contribution is -2.44. The maximum atomic E-state index is 13.0. The number of nitrogens with zero attached hydrogens (tertiary/aromatic N) is 3. The standard InChI is InChI=1S/C21H15N3O5/c25-18(11-24-20(28)15-7-3-4-8-16(15)21(24)29)23(12-19(26)27)17-10-22-9-13-5-1-2-6-14(13)17/h1-10H,11-12H2,(H,26,27). The Balaban J connectivity index is 1.68. The molecule has 29 heavy (non-hydrogen) atoms. The van der Waals surface area contributed by atoms with Crippen molar-refractivity contribution in [3.63, 3.8) is 0 Å². The molecule has 2 aromatic carbocycles. The third-order valence-corrected chi connectivity index (χ3v) is 4.70. The van der Waals surface area contributed by atoms with Gasteiger partial charge in [0, 0.05) is 17.0 Å². The van der Waals surface area contributed by atoms with Crippen LogP contribution in [0, 0.1) is 0 Å². The molecule has 0 saturated heterocycles. The lowest BCUT2D eigenvalue weighted by Gasteiger charge is -2.24. The van der Waals surface area contributed by atoms with Crippen LogP contribution >= 0.6 is 0 Å². The summed E-state index contributed by atoms with van der Waals surface area (Å²) in [5.41, 5.74) is 0.746. The van der Waals surface area contributed by atoms with Crippen molar-refractivity contribution in [3.05, 3.63) is 72.1 Å². The molecule has 1 N–H and O–H groups in total. The summed E-state index contributed by atoms with van der Waals surface area (Å²) in [7, 11) is 0. The van der Waals surface area contributed by atoms with Gasteiger partial charge < -0.3 is 5.11 Å². The van der Waals surface area contributed by atoms with Gasteiger partial charge in [0.15, 0.2) is 0 Å². The first kappa shape index (κ1) is 18.3. The smallest absolute Gasteiger partial charge is 0.323 e. The Labute approximate surface area is 165 Å². The van der Waals surface area contributed by atoms with E-state index < -0.39 is 36.8 Å². The van der Waals surface area contributed by atoms with Crippen molar-refractivity contribution in [2.45, 2.75) is 0 Å². The Bertz CT molecular complexity index is 1130. The normalized spacial score (nSPS) is 12.9. The Morgan fingerprint density at radius 3 is 2.21 bits per heavy atom. The highest BCUT2D eigenvalue weighted by Gasteiger charge is 2.37. The topological polar surface area (TPSA) is 108 Å². The van der Waals surface area contributed by atoms with Crippen LogP contribution in [0.3, 0.4) is 0 Å². The highest BCUT2D eigenvalue weighted by molar-refractivity contribution is 6.23. The average molecular weight is 389 g/mol. The zero-order valence-corrected chi connectivity index (χ0v) is 15.1. The molecule has 3 aromatic rings. The first-order valence-electron chi connectivity index (χ1n) is 8.77. The fourth-order valence-electron chi connectivity index (χ4n) is 3.36. The number of carbonyl (C=O) groups excluding carboxylic acids is 3. The third-order valence-electron chi connectivity index (χ3n) is 4.70. The largest absolute Gasteiger partial charge is 0.480 e. The molecule has 144 valence electrons. The summed E-state index contributed by atoms with van der Waals surface area (Å²) < 4.78 is 0. The Hall–Kier alpha value is -4.07. The summed E-state index contributed by atoms with van der Waals surface area (Å²) in [6.07, 6.45) is 3.00. The van der Waals surface area contributed by atoms with Gasteiger partial charge in [-0.25, -0.2) is 0 Å². The monoisotopic (exact) mass is 389 g/mol. The molecule has 1 aromatic heterocycles. The SMILES string of the molecule is O=C(O)CN(C(=O)CN1C(=O)c2ccccc2C1=O)c1cncc2ccccc12. The van der Waals surface area contributed by atoms with Crippen LogP contribution in [0.4, 0.5) is 5.69 Å². The molecule has 8 nitrogen and oxygen atoms in total.